The van der Waals surface area contributed by atoms with Crippen molar-refractivity contribution < 1.29 is 62.6 Å². The van der Waals surface area contributed by atoms with E-state index in [9.17, 15) is 0 Å². The minimum absolute atomic E-state index is 0. The molecule has 2 aromatic rings. The minimum Gasteiger partial charge on any atom is -0.504 e. The number of hydrogen-bond acceptors (Lipinski definition) is 2. The van der Waals surface area contributed by atoms with Crippen LogP contribution in [0.1, 0.15) is 5.89 Å². The number of hydrogen-bond donors (Lipinski definition) is 0. The van der Waals surface area contributed by atoms with Gasteiger partial charge in [-0.15, -0.1) is 12.1 Å². The first kappa shape index (κ1) is 9.58. The van der Waals surface area contributed by atoms with Crippen LogP contribution in [0, 0.1) is 13.0 Å². The van der Waals surface area contributed by atoms with Crippen molar-refractivity contribution in [3.05, 3.63) is 30.2 Å². The van der Waals surface area contributed by atoms with Crippen LogP contribution in [-0.4, -0.2) is 4.98 Å². The maximum atomic E-state index is 5.23. The van der Waals surface area contributed by atoms with E-state index in [4.69, 9.17) is 4.42 Å². The molecule has 1 heterocycles. The van der Waals surface area contributed by atoms with E-state index < -0.39 is 0 Å². The smallest absolute Gasteiger partial charge is 0.504 e. The molecule has 0 saturated heterocycles. The number of fused-ring (bicyclic) bond motifs is 1. The fraction of sp³-hybridized carbons (Fsp3) is 0.125. The molecule has 0 radical (unpaired) electrons. The topological polar surface area (TPSA) is 26.0 Å². The minimum atomic E-state index is 0. The molecule has 3 heteroatoms. The van der Waals surface area contributed by atoms with Gasteiger partial charge in [0.2, 0.25) is 0 Å². The third kappa shape index (κ3) is 1.99. The summed E-state index contributed by atoms with van der Waals surface area (Å²) in [4.78, 5) is 4.13. The van der Waals surface area contributed by atoms with Crippen molar-refractivity contribution in [3.63, 3.8) is 0 Å². The molecule has 2 nitrogen and oxygen atoms in total. The molecule has 2 rings (SSSR count). The predicted molar refractivity (Wildman–Crippen MR) is 37.6 cm³/mol. The SMILES string of the molecule is Cc1nc2cc[c-]cc2o1.[Rb+]. The van der Waals surface area contributed by atoms with Gasteiger partial charge in [-0.05, 0) is 5.52 Å². The first-order valence-electron chi connectivity index (χ1n) is 3.09. The van der Waals surface area contributed by atoms with Gasteiger partial charge in [0.15, 0.2) is 5.89 Å². The van der Waals surface area contributed by atoms with Crippen molar-refractivity contribution in [3.8, 4) is 0 Å². The molecule has 0 spiro atoms. The van der Waals surface area contributed by atoms with Gasteiger partial charge in [-0.1, -0.05) is 0 Å². The average molecular weight is 218 g/mol. The van der Waals surface area contributed by atoms with E-state index in [-0.39, 0.29) is 58.2 Å². The van der Waals surface area contributed by atoms with Crippen molar-refractivity contribution >= 4 is 11.1 Å². The number of rotatable bonds is 0. The van der Waals surface area contributed by atoms with E-state index in [1.165, 1.54) is 0 Å². The Morgan fingerprint density at radius 2 is 2.36 bits per heavy atom. The number of nitrogens with zero attached hydrogens (tertiary/aromatic N) is 1. The molecule has 11 heavy (non-hydrogen) atoms. The molecule has 0 amide bonds. The summed E-state index contributed by atoms with van der Waals surface area (Å²) in [7, 11) is 0. The van der Waals surface area contributed by atoms with Crippen LogP contribution < -0.4 is 58.2 Å². The summed E-state index contributed by atoms with van der Waals surface area (Å²) in [6, 6.07) is 8.41. The van der Waals surface area contributed by atoms with Gasteiger partial charge < -0.3 is 4.42 Å². The summed E-state index contributed by atoms with van der Waals surface area (Å²) in [6.07, 6.45) is 0. The third-order valence-corrected chi connectivity index (χ3v) is 1.34. The third-order valence-electron chi connectivity index (χ3n) is 1.34. The average Bonchev–Trinajstić information content (AvgIpc) is 2.27. The Labute approximate surface area is 114 Å². The van der Waals surface area contributed by atoms with Crippen LogP contribution in [0.15, 0.2) is 22.6 Å². The van der Waals surface area contributed by atoms with Gasteiger partial charge in [-0.2, -0.15) is 12.1 Å². The molecule has 0 atom stereocenters. The van der Waals surface area contributed by atoms with Gasteiger partial charge in [-0.25, -0.2) is 4.98 Å². The molecule has 0 saturated carbocycles. The predicted octanol–water partition coefficient (Wildman–Crippen LogP) is -1.06. The number of aromatic nitrogens is 1. The van der Waals surface area contributed by atoms with Crippen LogP contribution in [0.2, 0.25) is 0 Å². The zero-order valence-corrected chi connectivity index (χ0v) is 11.5. The number of benzene rings is 1. The second-order valence-corrected chi connectivity index (χ2v) is 2.13. The molecule has 0 bridgehead atoms. The Morgan fingerprint density at radius 3 is 3.09 bits per heavy atom. The van der Waals surface area contributed by atoms with E-state index in [0.29, 0.717) is 5.89 Å². The molecule has 0 N–H and O–H groups in total. The van der Waals surface area contributed by atoms with E-state index in [2.05, 4.69) is 11.1 Å². The van der Waals surface area contributed by atoms with E-state index in [1.54, 1.807) is 6.07 Å². The van der Waals surface area contributed by atoms with Crippen LogP contribution in [0.3, 0.4) is 0 Å². The van der Waals surface area contributed by atoms with Crippen LogP contribution in [0.25, 0.3) is 11.1 Å². The zero-order valence-electron chi connectivity index (χ0n) is 6.59. The van der Waals surface area contributed by atoms with Crippen molar-refractivity contribution in [1.82, 2.24) is 4.98 Å². The van der Waals surface area contributed by atoms with Crippen LogP contribution in [-0.2, 0) is 0 Å². The quantitative estimate of drug-likeness (QED) is 0.526. The molecule has 0 fully saturated rings. The van der Waals surface area contributed by atoms with Crippen LogP contribution in [0.4, 0.5) is 0 Å². The fourth-order valence-electron chi connectivity index (χ4n) is 0.933. The number of oxazole rings is 1. The van der Waals surface area contributed by atoms with E-state index >= 15 is 0 Å². The Bertz CT molecular complexity index is 323. The van der Waals surface area contributed by atoms with E-state index in [0.717, 1.165) is 11.1 Å². The molecule has 0 aliphatic heterocycles. The second-order valence-electron chi connectivity index (χ2n) is 2.13. The molecule has 0 unspecified atom stereocenters. The largest absolute Gasteiger partial charge is 1.00 e. The van der Waals surface area contributed by atoms with Crippen molar-refractivity contribution in [2.45, 2.75) is 6.92 Å². The van der Waals surface area contributed by atoms with Gasteiger partial charge in [0.1, 0.15) is 0 Å². The first-order valence-corrected chi connectivity index (χ1v) is 3.09. The maximum Gasteiger partial charge on any atom is 1.00 e. The van der Waals surface area contributed by atoms with Gasteiger partial charge in [-0.3, -0.25) is 0 Å². The standard InChI is InChI=1S/C8H6NO.Rb/c1-6-9-7-4-2-3-5-8(7)10-6;/h2,4-5H,1H3;/q-1;+1. The van der Waals surface area contributed by atoms with Crippen LogP contribution in [0.5, 0.6) is 0 Å². The molecule has 0 aliphatic rings. The van der Waals surface area contributed by atoms with Crippen molar-refractivity contribution in [1.29, 1.82) is 0 Å². The van der Waals surface area contributed by atoms with Gasteiger partial charge >= 0.3 is 58.2 Å². The molecular formula is C8H6NORb. The Kier molecular flexibility index (Phi) is 3.43. The Hall–Kier alpha value is 0.495. The van der Waals surface area contributed by atoms with Crippen molar-refractivity contribution in [2.24, 2.45) is 0 Å². The summed E-state index contributed by atoms with van der Waals surface area (Å²) in [5, 5.41) is 0. The van der Waals surface area contributed by atoms with E-state index in [1.807, 2.05) is 19.1 Å². The summed E-state index contributed by atoms with van der Waals surface area (Å²) in [6.45, 7) is 1.83. The Morgan fingerprint density at radius 1 is 1.55 bits per heavy atom. The van der Waals surface area contributed by atoms with Gasteiger partial charge in [0.05, 0.1) is 0 Å². The molecular weight excluding hydrogens is 212 g/mol. The van der Waals surface area contributed by atoms with Crippen LogP contribution >= 0.6 is 0 Å². The number of aryl methyl sites for hydroxylation is 1. The monoisotopic (exact) mass is 217 g/mol. The fourth-order valence-corrected chi connectivity index (χ4v) is 0.933. The summed E-state index contributed by atoms with van der Waals surface area (Å²) >= 11 is 0. The maximum absolute atomic E-state index is 5.23. The summed E-state index contributed by atoms with van der Waals surface area (Å²) < 4.78 is 5.23. The normalized spacial score (nSPS) is 9.55. The van der Waals surface area contributed by atoms with Crippen molar-refractivity contribution in [2.75, 3.05) is 0 Å². The second kappa shape index (κ2) is 3.94. The zero-order chi connectivity index (χ0) is 6.97. The molecule has 1 aromatic carbocycles. The van der Waals surface area contributed by atoms with Gasteiger partial charge in [0.25, 0.3) is 0 Å². The summed E-state index contributed by atoms with van der Waals surface area (Å²) in [5.41, 5.74) is 1.70. The Balaban J connectivity index is 0.000000605. The molecule has 50 valence electrons. The molecule has 1 aromatic heterocycles. The first-order chi connectivity index (χ1) is 4.86. The summed E-state index contributed by atoms with van der Waals surface area (Å²) in [5.74, 6) is 0.703. The molecule has 0 aliphatic carbocycles. The van der Waals surface area contributed by atoms with Gasteiger partial charge in [0, 0.05) is 12.5 Å².